The van der Waals surface area contributed by atoms with Gasteiger partial charge < -0.3 is 15.2 Å². The minimum atomic E-state index is -0.457. The summed E-state index contributed by atoms with van der Waals surface area (Å²) in [7, 11) is 1.73. The van der Waals surface area contributed by atoms with Crippen molar-refractivity contribution in [2.45, 2.75) is 50.7 Å². The molecule has 2 N–H and O–H groups in total. The van der Waals surface area contributed by atoms with E-state index in [2.05, 4.69) is 19.2 Å². The molecule has 1 rings (SSSR count). The Bertz CT molecular complexity index is 174. The van der Waals surface area contributed by atoms with Gasteiger partial charge in [-0.1, -0.05) is 0 Å². The lowest BCUT2D eigenvalue weighted by Crippen LogP contribution is -2.43. The first-order valence-electron chi connectivity index (χ1n) is 5.46. The molecule has 1 aliphatic heterocycles. The number of hydrogen-bond donors (Lipinski definition) is 2. The first kappa shape index (κ1) is 12.0. The lowest BCUT2D eigenvalue weighted by atomic mass is 9.84. The highest BCUT2D eigenvalue weighted by atomic mass is 16.5. The molecule has 1 aliphatic rings. The first-order chi connectivity index (χ1) is 6.47. The molecule has 0 aliphatic carbocycles. The fourth-order valence-corrected chi connectivity index (χ4v) is 1.78. The molecule has 0 amide bonds. The molecule has 0 spiro atoms. The molecule has 0 aromatic carbocycles. The number of rotatable bonds is 4. The van der Waals surface area contributed by atoms with Gasteiger partial charge in [-0.3, -0.25) is 0 Å². The van der Waals surface area contributed by atoms with Crippen LogP contribution in [0.5, 0.6) is 0 Å². The van der Waals surface area contributed by atoms with Gasteiger partial charge in [-0.15, -0.1) is 0 Å². The maximum Gasteiger partial charge on any atom is 0.0673 e. The van der Waals surface area contributed by atoms with Crippen LogP contribution < -0.4 is 5.32 Å². The normalized spacial score (nSPS) is 22.3. The lowest BCUT2D eigenvalue weighted by molar-refractivity contribution is -0.0391. The van der Waals surface area contributed by atoms with Crippen LogP contribution in [0, 0.1) is 0 Å². The maximum absolute atomic E-state index is 10.2. The van der Waals surface area contributed by atoms with Crippen molar-refractivity contribution < 1.29 is 9.84 Å². The molecule has 1 saturated heterocycles. The summed E-state index contributed by atoms with van der Waals surface area (Å²) in [6, 6.07) is 0. The largest absolute Gasteiger partial charge is 0.390 e. The third-order valence-electron chi connectivity index (χ3n) is 3.28. The van der Waals surface area contributed by atoms with Gasteiger partial charge in [0.2, 0.25) is 0 Å². The first-order valence-corrected chi connectivity index (χ1v) is 5.46. The predicted molar refractivity (Wildman–Crippen MR) is 57.4 cm³/mol. The number of hydrogen-bond acceptors (Lipinski definition) is 3. The van der Waals surface area contributed by atoms with Gasteiger partial charge in [-0.2, -0.15) is 0 Å². The molecule has 1 heterocycles. The van der Waals surface area contributed by atoms with Gasteiger partial charge in [0.05, 0.1) is 11.2 Å². The molecule has 0 unspecified atom stereocenters. The van der Waals surface area contributed by atoms with Crippen molar-refractivity contribution in [1.29, 1.82) is 0 Å². The van der Waals surface area contributed by atoms with Crippen molar-refractivity contribution in [3.8, 4) is 0 Å². The van der Waals surface area contributed by atoms with Crippen LogP contribution >= 0.6 is 0 Å². The van der Waals surface area contributed by atoms with E-state index in [1.54, 1.807) is 7.11 Å². The Hall–Kier alpha value is -0.120. The summed E-state index contributed by atoms with van der Waals surface area (Å²) in [5.74, 6) is 0. The van der Waals surface area contributed by atoms with Crippen LogP contribution in [0.3, 0.4) is 0 Å². The summed E-state index contributed by atoms with van der Waals surface area (Å²) >= 11 is 0. The second-order valence-corrected chi connectivity index (χ2v) is 4.94. The Kier molecular flexibility index (Phi) is 3.93. The minimum Gasteiger partial charge on any atom is -0.390 e. The summed E-state index contributed by atoms with van der Waals surface area (Å²) in [5, 5.41) is 13.5. The van der Waals surface area contributed by atoms with Gasteiger partial charge in [0.25, 0.3) is 0 Å². The van der Waals surface area contributed by atoms with Crippen molar-refractivity contribution in [2.75, 3.05) is 20.2 Å². The predicted octanol–water partition coefficient (Wildman–Crippen LogP) is 1.31. The Morgan fingerprint density at radius 2 is 1.93 bits per heavy atom. The standard InChI is InChI=1S/C11H23NO2/c1-10(2,14-3)4-5-11(13)6-8-12-9-7-11/h12-13H,4-9H2,1-3H3. The third kappa shape index (κ3) is 3.56. The number of piperidine rings is 1. The molecule has 0 atom stereocenters. The monoisotopic (exact) mass is 201 g/mol. The highest BCUT2D eigenvalue weighted by molar-refractivity contribution is 4.86. The second-order valence-electron chi connectivity index (χ2n) is 4.94. The molecule has 0 saturated carbocycles. The number of ether oxygens (including phenoxy) is 1. The van der Waals surface area contributed by atoms with E-state index in [4.69, 9.17) is 4.74 Å². The summed E-state index contributed by atoms with van der Waals surface area (Å²) in [4.78, 5) is 0. The molecule has 0 bridgehead atoms. The van der Waals surface area contributed by atoms with Crippen molar-refractivity contribution in [3.63, 3.8) is 0 Å². The smallest absolute Gasteiger partial charge is 0.0673 e. The van der Waals surface area contributed by atoms with Crippen LogP contribution in [0.2, 0.25) is 0 Å². The van der Waals surface area contributed by atoms with Gasteiger partial charge >= 0.3 is 0 Å². The summed E-state index contributed by atoms with van der Waals surface area (Å²) in [6.45, 7) is 6.00. The van der Waals surface area contributed by atoms with E-state index in [1.807, 2.05) is 0 Å². The lowest BCUT2D eigenvalue weighted by Gasteiger charge is -2.35. The van der Waals surface area contributed by atoms with Gasteiger partial charge in [0.15, 0.2) is 0 Å². The van der Waals surface area contributed by atoms with Crippen LogP contribution in [0.25, 0.3) is 0 Å². The summed E-state index contributed by atoms with van der Waals surface area (Å²) in [6.07, 6.45) is 3.50. The molecule has 0 aromatic rings. The zero-order chi connectivity index (χ0) is 10.7. The molecule has 3 nitrogen and oxygen atoms in total. The van der Waals surface area contributed by atoms with Crippen LogP contribution in [0.15, 0.2) is 0 Å². The highest BCUT2D eigenvalue weighted by Crippen LogP contribution is 2.28. The average molecular weight is 201 g/mol. The Morgan fingerprint density at radius 1 is 1.36 bits per heavy atom. The third-order valence-corrected chi connectivity index (χ3v) is 3.28. The Labute approximate surface area is 86.8 Å². The van der Waals surface area contributed by atoms with Gasteiger partial charge in [-0.05, 0) is 52.6 Å². The van der Waals surface area contributed by atoms with E-state index in [0.717, 1.165) is 38.8 Å². The van der Waals surface area contributed by atoms with E-state index in [9.17, 15) is 5.11 Å². The molecule has 84 valence electrons. The minimum absolute atomic E-state index is 0.111. The van der Waals surface area contributed by atoms with E-state index >= 15 is 0 Å². The number of nitrogens with one attached hydrogen (secondary N) is 1. The average Bonchev–Trinajstić information content (AvgIpc) is 2.17. The summed E-state index contributed by atoms with van der Waals surface area (Å²) in [5.41, 5.74) is -0.568. The summed E-state index contributed by atoms with van der Waals surface area (Å²) < 4.78 is 5.35. The Balaban J connectivity index is 2.35. The molecule has 3 heteroatoms. The number of aliphatic hydroxyl groups is 1. The SMILES string of the molecule is COC(C)(C)CCC1(O)CCNCC1. The van der Waals surface area contributed by atoms with Crippen molar-refractivity contribution in [2.24, 2.45) is 0 Å². The fraction of sp³-hybridized carbons (Fsp3) is 1.00. The molecule has 0 aromatic heterocycles. The van der Waals surface area contributed by atoms with E-state index in [0.29, 0.717) is 0 Å². The van der Waals surface area contributed by atoms with Crippen molar-refractivity contribution >= 4 is 0 Å². The molecule has 1 fully saturated rings. The zero-order valence-electron chi connectivity index (χ0n) is 9.60. The number of methoxy groups -OCH3 is 1. The van der Waals surface area contributed by atoms with Gasteiger partial charge in [-0.25, -0.2) is 0 Å². The van der Waals surface area contributed by atoms with Crippen LogP contribution in [-0.4, -0.2) is 36.5 Å². The fourth-order valence-electron chi connectivity index (χ4n) is 1.78. The molecular formula is C11H23NO2. The van der Waals surface area contributed by atoms with Gasteiger partial charge in [0.1, 0.15) is 0 Å². The maximum atomic E-state index is 10.2. The highest BCUT2D eigenvalue weighted by Gasteiger charge is 2.31. The zero-order valence-corrected chi connectivity index (χ0v) is 9.60. The molecular weight excluding hydrogens is 178 g/mol. The topological polar surface area (TPSA) is 41.5 Å². The van der Waals surface area contributed by atoms with Gasteiger partial charge in [0, 0.05) is 7.11 Å². The second kappa shape index (κ2) is 4.60. The quantitative estimate of drug-likeness (QED) is 0.720. The van der Waals surface area contributed by atoms with Crippen LogP contribution in [0.1, 0.15) is 39.5 Å². The van der Waals surface area contributed by atoms with E-state index in [1.165, 1.54) is 0 Å². The van der Waals surface area contributed by atoms with Crippen molar-refractivity contribution in [1.82, 2.24) is 5.32 Å². The van der Waals surface area contributed by atoms with Crippen molar-refractivity contribution in [3.05, 3.63) is 0 Å². The van der Waals surface area contributed by atoms with E-state index in [-0.39, 0.29) is 5.60 Å². The van der Waals surface area contributed by atoms with Crippen LogP contribution in [-0.2, 0) is 4.74 Å². The molecule has 14 heavy (non-hydrogen) atoms. The Morgan fingerprint density at radius 3 is 2.43 bits per heavy atom. The van der Waals surface area contributed by atoms with Crippen LogP contribution in [0.4, 0.5) is 0 Å². The van der Waals surface area contributed by atoms with E-state index < -0.39 is 5.60 Å². The molecule has 0 radical (unpaired) electrons.